The van der Waals surface area contributed by atoms with E-state index < -0.39 is 17.3 Å². The van der Waals surface area contributed by atoms with Crippen molar-refractivity contribution < 1.29 is 14.0 Å². The topological polar surface area (TPSA) is 115 Å². The van der Waals surface area contributed by atoms with Crippen LogP contribution in [-0.2, 0) is 9.59 Å². The van der Waals surface area contributed by atoms with Gasteiger partial charge in [-0.25, -0.2) is 9.37 Å². The number of pyridine rings is 1. The molecule has 0 saturated carbocycles. The Morgan fingerprint density at radius 2 is 1.93 bits per heavy atom. The predicted molar refractivity (Wildman–Crippen MR) is 157 cm³/mol. The number of nitrogens with one attached hydrogen (secondary N) is 3. The molecule has 0 saturated heterocycles. The Morgan fingerprint density at radius 3 is 2.60 bits per heavy atom. The minimum absolute atomic E-state index is 0.223. The van der Waals surface area contributed by atoms with Gasteiger partial charge in [0.2, 0.25) is 17.8 Å². The van der Waals surface area contributed by atoms with Crippen molar-refractivity contribution in [1.82, 2.24) is 30.1 Å². The van der Waals surface area contributed by atoms with Crippen molar-refractivity contribution >= 4 is 29.3 Å². The third-order valence-corrected chi connectivity index (χ3v) is 5.92. The van der Waals surface area contributed by atoms with Crippen molar-refractivity contribution in [3.05, 3.63) is 48.2 Å². The number of likely N-dealkylation sites (N-methyl/N-ethyl adjacent to an activating group) is 2. The Balaban J connectivity index is 2.01. The van der Waals surface area contributed by atoms with Crippen LogP contribution in [0.5, 0.6) is 0 Å². The lowest BCUT2D eigenvalue weighted by atomic mass is 9.90. The van der Waals surface area contributed by atoms with E-state index in [0.717, 1.165) is 12.6 Å². The van der Waals surface area contributed by atoms with Crippen LogP contribution in [0, 0.1) is 23.1 Å². The van der Waals surface area contributed by atoms with E-state index in [1.54, 1.807) is 26.2 Å². The van der Waals surface area contributed by atoms with Crippen molar-refractivity contribution in [2.45, 2.75) is 46.6 Å². The Hall–Kier alpha value is -4.04. The molecule has 0 radical (unpaired) electrons. The number of rotatable bonds is 13. The molecule has 2 amide bonds. The van der Waals surface area contributed by atoms with Crippen LogP contribution in [0.25, 0.3) is 0 Å². The van der Waals surface area contributed by atoms with Gasteiger partial charge >= 0.3 is 0 Å². The second-order valence-electron chi connectivity index (χ2n) is 10.4. The third kappa shape index (κ3) is 11.0. The summed E-state index contributed by atoms with van der Waals surface area (Å²) in [5, 5.41) is 9.13. The molecule has 2 rings (SSSR count). The molecule has 0 unspecified atom stereocenters. The minimum atomic E-state index is -0.606. The van der Waals surface area contributed by atoms with Gasteiger partial charge < -0.3 is 25.8 Å². The van der Waals surface area contributed by atoms with E-state index in [2.05, 4.69) is 42.7 Å². The number of carbonyl (C=O) groups excluding carboxylic acids is 2. The van der Waals surface area contributed by atoms with Crippen molar-refractivity contribution in [2.24, 2.45) is 5.41 Å². The lowest BCUT2D eigenvalue weighted by molar-refractivity contribution is -0.135. The molecule has 2 heterocycles. The molecule has 0 aromatic carbocycles. The summed E-state index contributed by atoms with van der Waals surface area (Å²) >= 11 is 0. The molecular weight excluding hydrogens is 511 g/mol. The molecule has 2 aromatic rings. The lowest BCUT2D eigenvalue weighted by Crippen LogP contribution is -2.46. The van der Waals surface area contributed by atoms with Crippen LogP contribution in [0.3, 0.4) is 0 Å². The standard InChI is InChI=1S/C29H41FN8O2/c1-8-14-32-26-22(18-34-28(36-26)35-24-17-23(30)19-31-20-24)11-12-29(3,4)13-15-33-27(40)21(2)38(7)25(39)10-9-16-37(5)6/h9-10,17-21H,8,13-16H2,1-7H3,(H,33,40)(H2,32,34,35,36)/t21-/m0/s1. The Morgan fingerprint density at radius 1 is 1.18 bits per heavy atom. The first-order valence-corrected chi connectivity index (χ1v) is 13.3. The first-order chi connectivity index (χ1) is 18.9. The number of anilines is 3. The van der Waals surface area contributed by atoms with Crippen LogP contribution >= 0.6 is 0 Å². The van der Waals surface area contributed by atoms with E-state index in [1.807, 2.05) is 39.8 Å². The molecule has 0 fully saturated rings. The van der Waals surface area contributed by atoms with Crippen molar-refractivity contribution in [3.63, 3.8) is 0 Å². The van der Waals surface area contributed by atoms with Crippen LogP contribution < -0.4 is 16.0 Å². The van der Waals surface area contributed by atoms with E-state index >= 15 is 0 Å². The molecular formula is C29H41FN8O2. The SMILES string of the molecule is CCCNc1nc(Nc2cncc(F)c2)ncc1C#CC(C)(C)CCNC(=O)[C@H](C)N(C)C(=O)C=CCN(C)C. The normalized spacial score (nSPS) is 12.0. The quantitative estimate of drug-likeness (QED) is 0.256. The van der Waals surface area contributed by atoms with E-state index in [0.29, 0.717) is 49.1 Å². The number of nitrogens with zero attached hydrogens (tertiary/aromatic N) is 5. The molecule has 40 heavy (non-hydrogen) atoms. The fourth-order valence-corrected chi connectivity index (χ4v) is 3.31. The number of aromatic nitrogens is 3. The van der Waals surface area contributed by atoms with Crippen LogP contribution in [0.1, 0.15) is 46.1 Å². The molecule has 0 aliphatic rings. The number of carbonyl (C=O) groups is 2. The van der Waals surface area contributed by atoms with Gasteiger partial charge in [0.1, 0.15) is 17.7 Å². The van der Waals surface area contributed by atoms with E-state index in [1.165, 1.54) is 23.2 Å². The first kappa shape index (κ1) is 32.2. The van der Waals surface area contributed by atoms with Crippen molar-refractivity contribution in [1.29, 1.82) is 0 Å². The van der Waals surface area contributed by atoms with Crippen molar-refractivity contribution in [3.8, 4) is 11.8 Å². The first-order valence-electron chi connectivity index (χ1n) is 13.3. The molecule has 2 aromatic heterocycles. The Bertz CT molecular complexity index is 1240. The van der Waals surface area contributed by atoms with E-state index in [9.17, 15) is 14.0 Å². The van der Waals surface area contributed by atoms with Gasteiger partial charge in [-0.15, -0.1) is 0 Å². The number of hydrogen-bond acceptors (Lipinski definition) is 8. The van der Waals surface area contributed by atoms with E-state index in [-0.39, 0.29) is 11.8 Å². The van der Waals surface area contributed by atoms with Gasteiger partial charge in [0.15, 0.2) is 0 Å². The fourth-order valence-electron chi connectivity index (χ4n) is 3.31. The second kappa shape index (κ2) is 15.5. The van der Waals surface area contributed by atoms with Gasteiger partial charge in [-0.1, -0.05) is 24.8 Å². The zero-order valence-electron chi connectivity index (χ0n) is 24.5. The maximum Gasteiger partial charge on any atom is 0.246 e. The summed E-state index contributed by atoms with van der Waals surface area (Å²) in [5.74, 6) is 6.39. The second-order valence-corrected chi connectivity index (χ2v) is 10.4. The predicted octanol–water partition coefficient (Wildman–Crippen LogP) is 3.42. The average Bonchev–Trinajstić information content (AvgIpc) is 2.90. The third-order valence-electron chi connectivity index (χ3n) is 5.92. The highest BCUT2D eigenvalue weighted by Crippen LogP contribution is 2.21. The average molecular weight is 553 g/mol. The van der Waals surface area contributed by atoms with E-state index in [4.69, 9.17) is 0 Å². The largest absolute Gasteiger partial charge is 0.369 e. The number of hydrogen-bond donors (Lipinski definition) is 3. The molecule has 11 heteroatoms. The molecule has 1 atom stereocenters. The molecule has 10 nitrogen and oxygen atoms in total. The highest BCUT2D eigenvalue weighted by Gasteiger charge is 2.22. The van der Waals surface area contributed by atoms with Crippen molar-refractivity contribution in [2.75, 3.05) is 51.4 Å². The summed E-state index contributed by atoms with van der Waals surface area (Å²) in [6.45, 7) is 9.48. The smallest absolute Gasteiger partial charge is 0.246 e. The number of halogens is 1. The summed E-state index contributed by atoms with van der Waals surface area (Å²) in [5.41, 5.74) is 0.651. The van der Waals surface area contributed by atoms with Gasteiger partial charge in [0, 0.05) is 44.2 Å². The summed E-state index contributed by atoms with van der Waals surface area (Å²) < 4.78 is 13.5. The van der Waals surface area contributed by atoms with Gasteiger partial charge in [-0.3, -0.25) is 14.6 Å². The summed E-state index contributed by atoms with van der Waals surface area (Å²) in [6.07, 6.45) is 8.97. The highest BCUT2D eigenvalue weighted by atomic mass is 19.1. The summed E-state index contributed by atoms with van der Waals surface area (Å²) in [6, 6.07) is 0.704. The molecule has 0 bridgehead atoms. The summed E-state index contributed by atoms with van der Waals surface area (Å²) in [7, 11) is 5.45. The fraction of sp³-hybridized carbons (Fsp3) is 0.483. The maximum atomic E-state index is 13.5. The number of amides is 2. The van der Waals surface area contributed by atoms with Crippen LogP contribution in [0.4, 0.5) is 21.8 Å². The Kier molecular flexibility index (Phi) is 12.5. The highest BCUT2D eigenvalue weighted by molar-refractivity contribution is 5.92. The molecule has 216 valence electrons. The minimum Gasteiger partial charge on any atom is -0.369 e. The molecule has 0 aliphatic carbocycles. The maximum absolute atomic E-state index is 13.5. The summed E-state index contributed by atoms with van der Waals surface area (Å²) in [4.78, 5) is 41.0. The van der Waals surface area contributed by atoms with Crippen LogP contribution in [0.15, 0.2) is 36.8 Å². The molecule has 3 N–H and O–H groups in total. The van der Waals surface area contributed by atoms with Crippen LogP contribution in [-0.4, -0.2) is 83.4 Å². The zero-order valence-corrected chi connectivity index (χ0v) is 24.5. The van der Waals surface area contributed by atoms with Gasteiger partial charge in [0.05, 0.1) is 29.8 Å². The zero-order chi connectivity index (χ0) is 29.7. The van der Waals surface area contributed by atoms with Gasteiger partial charge in [-0.2, -0.15) is 4.98 Å². The van der Waals surface area contributed by atoms with Gasteiger partial charge in [0.25, 0.3) is 0 Å². The van der Waals surface area contributed by atoms with Crippen LogP contribution in [0.2, 0.25) is 0 Å². The Labute approximate surface area is 236 Å². The molecule has 0 aliphatic heterocycles. The lowest BCUT2D eigenvalue weighted by Gasteiger charge is -2.24. The molecule has 0 spiro atoms. The van der Waals surface area contributed by atoms with Gasteiger partial charge in [-0.05, 0) is 47.7 Å². The monoisotopic (exact) mass is 552 g/mol.